The van der Waals surface area contributed by atoms with Gasteiger partial charge in [0.1, 0.15) is 11.4 Å². The van der Waals surface area contributed by atoms with E-state index in [4.69, 9.17) is 0 Å². The number of aromatic nitrogens is 1. The molecular formula is C24H24F3N3O2. The monoisotopic (exact) mass is 443 g/mol. The molecule has 1 N–H and O–H groups in total. The first-order chi connectivity index (χ1) is 15.3. The van der Waals surface area contributed by atoms with Gasteiger partial charge >= 0.3 is 6.18 Å². The number of hydrogen-bond donors (Lipinski definition) is 1. The topological polar surface area (TPSA) is 56.7 Å². The molecule has 5 nitrogen and oxygen atoms in total. The Labute approximate surface area is 184 Å². The van der Waals surface area contributed by atoms with Crippen molar-refractivity contribution in [2.45, 2.75) is 37.5 Å². The summed E-state index contributed by atoms with van der Waals surface area (Å²) in [7, 11) is 0. The summed E-state index contributed by atoms with van der Waals surface area (Å²) in [5, 5.41) is 10.3. The van der Waals surface area contributed by atoms with Crippen LogP contribution >= 0.6 is 0 Å². The fourth-order valence-corrected chi connectivity index (χ4v) is 4.15. The van der Waals surface area contributed by atoms with Gasteiger partial charge in [0, 0.05) is 37.9 Å². The van der Waals surface area contributed by atoms with Gasteiger partial charge in [0.15, 0.2) is 0 Å². The standard InChI is InChI=1S/C24H24F3N3O2/c25-24(26,27)20-6-2-1-5-19(20)22(31)30-15-13-29(14-16-30)21-8-7-18(17-28-21)9-12-23(32)10-3-4-11-23/h1-2,5-8,17,32H,3-4,10-11,13-16H2. The van der Waals surface area contributed by atoms with E-state index in [1.807, 2.05) is 17.0 Å². The quantitative estimate of drug-likeness (QED) is 0.719. The van der Waals surface area contributed by atoms with E-state index in [0.717, 1.165) is 24.7 Å². The Balaban J connectivity index is 1.38. The number of piperazine rings is 1. The highest BCUT2D eigenvalue weighted by atomic mass is 19.4. The fourth-order valence-electron chi connectivity index (χ4n) is 4.15. The SMILES string of the molecule is O=C(c1ccccc1C(F)(F)F)N1CCN(c2ccc(C#CC3(O)CCCC3)cn2)CC1. The molecule has 1 aromatic heterocycles. The zero-order valence-corrected chi connectivity index (χ0v) is 17.5. The van der Waals surface area contributed by atoms with E-state index in [1.165, 1.54) is 23.1 Å². The van der Waals surface area contributed by atoms with Crippen molar-refractivity contribution >= 4 is 11.7 Å². The average Bonchev–Trinajstić information content (AvgIpc) is 3.24. The van der Waals surface area contributed by atoms with Crippen molar-refractivity contribution in [3.63, 3.8) is 0 Å². The van der Waals surface area contributed by atoms with Crippen molar-refractivity contribution < 1.29 is 23.1 Å². The van der Waals surface area contributed by atoms with Crippen LogP contribution in [0, 0.1) is 11.8 Å². The van der Waals surface area contributed by atoms with Gasteiger partial charge < -0.3 is 14.9 Å². The number of nitrogens with zero attached hydrogens (tertiary/aromatic N) is 3. The van der Waals surface area contributed by atoms with Crippen molar-refractivity contribution in [3.05, 3.63) is 59.3 Å². The van der Waals surface area contributed by atoms with Gasteiger partial charge in [-0.05, 0) is 49.9 Å². The maximum Gasteiger partial charge on any atom is 0.417 e. The van der Waals surface area contributed by atoms with E-state index < -0.39 is 23.2 Å². The van der Waals surface area contributed by atoms with Crippen LogP contribution < -0.4 is 4.90 Å². The van der Waals surface area contributed by atoms with Crippen LogP contribution in [0.3, 0.4) is 0 Å². The molecule has 1 aliphatic carbocycles. The minimum absolute atomic E-state index is 0.307. The maximum atomic E-state index is 13.2. The average molecular weight is 443 g/mol. The lowest BCUT2D eigenvalue weighted by Gasteiger charge is -2.35. The molecule has 0 bridgehead atoms. The Kier molecular flexibility index (Phi) is 6.11. The Morgan fingerprint density at radius 1 is 1.03 bits per heavy atom. The second-order valence-corrected chi connectivity index (χ2v) is 8.22. The summed E-state index contributed by atoms with van der Waals surface area (Å²) in [5.74, 6) is 6.05. The van der Waals surface area contributed by atoms with Gasteiger partial charge in [-0.2, -0.15) is 13.2 Å². The van der Waals surface area contributed by atoms with Crippen LogP contribution in [-0.2, 0) is 6.18 Å². The Morgan fingerprint density at radius 3 is 2.34 bits per heavy atom. The van der Waals surface area contributed by atoms with Crippen LogP contribution in [0.25, 0.3) is 0 Å². The highest BCUT2D eigenvalue weighted by Gasteiger charge is 2.36. The summed E-state index contributed by atoms with van der Waals surface area (Å²) >= 11 is 0. The number of hydrogen-bond acceptors (Lipinski definition) is 4. The van der Waals surface area contributed by atoms with E-state index in [1.54, 1.807) is 6.20 Å². The molecule has 1 amide bonds. The first-order valence-electron chi connectivity index (χ1n) is 10.7. The summed E-state index contributed by atoms with van der Waals surface area (Å²) in [4.78, 5) is 20.6. The number of aliphatic hydroxyl groups is 1. The molecule has 1 aromatic carbocycles. The molecule has 1 saturated heterocycles. The molecule has 32 heavy (non-hydrogen) atoms. The first-order valence-corrected chi connectivity index (χ1v) is 10.7. The smallest absolute Gasteiger partial charge is 0.378 e. The second-order valence-electron chi connectivity index (χ2n) is 8.22. The van der Waals surface area contributed by atoms with E-state index in [2.05, 4.69) is 16.8 Å². The Morgan fingerprint density at radius 2 is 1.72 bits per heavy atom. The minimum Gasteiger partial charge on any atom is -0.378 e. The van der Waals surface area contributed by atoms with Gasteiger partial charge in [-0.25, -0.2) is 4.98 Å². The normalized spacial score (nSPS) is 18.2. The molecule has 0 unspecified atom stereocenters. The molecule has 1 aliphatic heterocycles. The molecule has 0 spiro atoms. The van der Waals surface area contributed by atoms with Crippen LogP contribution in [0.4, 0.5) is 19.0 Å². The molecule has 0 atom stereocenters. The first kappa shape index (κ1) is 22.2. The third-order valence-electron chi connectivity index (χ3n) is 5.97. The maximum absolute atomic E-state index is 13.2. The molecular weight excluding hydrogens is 419 g/mol. The molecule has 8 heteroatoms. The summed E-state index contributed by atoms with van der Waals surface area (Å²) in [6, 6.07) is 8.55. The molecule has 1 saturated carbocycles. The number of benzene rings is 1. The lowest BCUT2D eigenvalue weighted by Crippen LogP contribution is -2.49. The van der Waals surface area contributed by atoms with Crippen molar-refractivity contribution in [1.29, 1.82) is 0 Å². The largest absolute Gasteiger partial charge is 0.417 e. The lowest BCUT2D eigenvalue weighted by atomic mass is 10.0. The third kappa shape index (κ3) is 4.89. The number of carbonyl (C=O) groups is 1. The van der Waals surface area contributed by atoms with Gasteiger partial charge in [0.25, 0.3) is 5.91 Å². The number of amides is 1. The van der Waals surface area contributed by atoms with Gasteiger partial charge in [-0.3, -0.25) is 4.79 Å². The summed E-state index contributed by atoms with van der Waals surface area (Å²) in [6.07, 6.45) is 0.439. The van der Waals surface area contributed by atoms with Gasteiger partial charge in [-0.1, -0.05) is 24.0 Å². The van der Waals surface area contributed by atoms with Crippen LogP contribution in [0.1, 0.15) is 47.2 Å². The summed E-state index contributed by atoms with van der Waals surface area (Å²) in [6.45, 7) is 1.55. The van der Waals surface area contributed by atoms with Crippen molar-refractivity contribution in [1.82, 2.24) is 9.88 Å². The number of carbonyl (C=O) groups excluding carboxylic acids is 1. The Bertz CT molecular complexity index is 1030. The van der Waals surface area contributed by atoms with Gasteiger partial charge in [-0.15, -0.1) is 0 Å². The van der Waals surface area contributed by atoms with Crippen molar-refractivity contribution in [2.75, 3.05) is 31.1 Å². The fraction of sp³-hybridized carbons (Fsp3) is 0.417. The van der Waals surface area contributed by atoms with Crippen LogP contribution in [0.5, 0.6) is 0 Å². The number of alkyl halides is 3. The van der Waals surface area contributed by atoms with Crippen molar-refractivity contribution in [2.24, 2.45) is 0 Å². The van der Waals surface area contributed by atoms with E-state index in [-0.39, 0.29) is 5.56 Å². The van der Waals surface area contributed by atoms with Crippen molar-refractivity contribution in [3.8, 4) is 11.8 Å². The van der Waals surface area contributed by atoms with Gasteiger partial charge in [0.2, 0.25) is 0 Å². The van der Waals surface area contributed by atoms with E-state index >= 15 is 0 Å². The molecule has 168 valence electrons. The lowest BCUT2D eigenvalue weighted by molar-refractivity contribution is -0.138. The molecule has 2 aromatic rings. The van der Waals surface area contributed by atoms with Crippen LogP contribution in [0.15, 0.2) is 42.6 Å². The highest BCUT2D eigenvalue weighted by Crippen LogP contribution is 2.32. The zero-order valence-electron chi connectivity index (χ0n) is 17.5. The van der Waals surface area contributed by atoms with Crippen LogP contribution in [0.2, 0.25) is 0 Å². The molecule has 0 radical (unpaired) electrons. The number of rotatable bonds is 2. The summed E-state index contributed by atoms with van der Waals surface area (Å²) in [5.41, 5.74) is -1.41. The number of pyridine rings is 1. The Hall–Kier alpha value is -3.05. The molecule has 4 rings (SSSR count). The molecule has 2 fully saturated rings. The third-order valence-corrected chi connectivity index (χ3v) is 5.97. The highest BCUT2D eigenvalue weighted by molar-refractivity contribution is 5.96. The summed E-state index contributed by atoms with van der Waals surface area (Å²) < 4.78 is 39.7. The zero-order chi connectivity index (χ0) is 22.8. The second kappa shape index (κ2) is 8.83. The number of halogens is 3. The minimum atomic E-state index is -4.57. The number of anilines is 1. The predicted molar refractivity (Wildman–Crippen MR) is 114 cm³/mol. The molecule has 2 aliphatic rings. The van der Waals surface area contributed by atoms with E-state index in [0.29, 0.717) is 44.6 Å². The molecule has 2 heterocycles. The van der Waals surface area contributed by atoms with E-state index in [9.17, 15) is 23.1 Å². The van der Waals surface area contributed by atoms with Crippen LogP contribution in [-0.4, -0.2) is 52.7 Å². The van der Waals surface area contributed by atoms with Gasteiger partial charge in [0.05, 0.1) is 11.1 Å². The predicted octanol–water partition coefficient (Wildman–Crippen LogP) is 3.72.